The molecule has 36 heavy (non-hydrogen) atoms. The molecule has 7 nitrogen and oxygen atoms in total. The normalized spacial score (nSPS) is 15.2. The van der Waals surface area contributed by atoms with Gasteiger partial charge < -0.3 is 10.2 Å². The minimum Gasteiger partial charge on any atom is -0.352 e. The predicted octanol–water partition coefficient (Wildman–Crippen LogP) is 3.98. The molecule has 0 aromatic heterocycles. The van der Waals surface area contributed by atoms with Crippen LogP contribution in [0.15, 0.2) is 48.5 Å². The molecule has 2 amide bonds. The SMILES string of the molecule is Cc1cc(C)cc(N(CC(=O)N(CCc2ccccc2)[C@@H](C)C(=O)NC2CCCCC2)S(C)(=O)=O)c1. The van der Waals surface area contributed by atoms with Gasteiger partial charge in [-0.25, -0.2) is 8.42 Å². The lowest BCUT2D eigenvalue weighted by Crippen LogP contribution is -2.53. The van der Waals surface area contributed by atoms with Crippen molar-refractivity contribution in [1.82, 2.24) is 10.2 Å². The van der Waals surface area contributed by atoms with E-state index in [0.717, 1.165) is 52.9 Å². The Bertz CT molecular complexity index is 1120. The summed E-state index contributed by atoms with van der Waals surface area (Å²) in [6, 6.07) is 14.6. The van der Waals surface area contributed by atoms with Gasteiger partial charge in [-0.05, 0) is 68.9 Å². The molecule has 0 aliphatic heterocycles. The number of rotatable bonds is 10. The van der Waals surface area contributed by atoms with Gasteiger partial charge in [-0.3, -0.25) is 13.9 Å². The summed E-state index contributed by atoms with van der Waals surface area (Å²) in [5.41, 5.74) is 3.31. The summed E-state index contributed by atoms with van der Waals surface area (Å²) in [7, 11) is -3.73. The monoisotopic (exact) mass is 513 g/mol. The van der Waals surface area contributed by atoms with Gasteiger partial charge in [0.1, 0.15) is 12.6 Å². The van der Waals surface area contributed by atoms with E-state index in [2.05, 4.69) is 5.32 Å². The van der Waals surface area contributed by atoms with Crippen LogP contribution in [-0.4, -0.2) is 56.6 Å². The Morgan fingerprint density at radius 2 is 1.61 bits per heavy atom. The van der Waals surface area contributed by atoms with E-state index in [1.54, 1.807) is 19.1 Å². The largest absolute Gasteiger partial charge is 0.352 e. The summed E-state index contributed by atoms with van der Waals surface area (Å²) in [5.74, 6) is -0.595. The van der Waals surface area contributed by atoms with Gasteiger partial charge in [0, 0.05) is 12.6 Å². The van der Waals surface area contributed by atoms with Crippen molar-refractivity contribution in [3.05, 3.63) is 65.2 Å². The molecule has 0 spiro atoms. The van der Waals surface area contributed by atoms with Crippen LogP contribution in [0.3, 0.4) is 0 Å². The molecule has 1 aliphatic rings. The number of hydrogen-bond acceptors (Lipinski definition) is 4. The molecule has 1 atom stereocenters. The molecule has 2 aromatic carbocycles. The van der Waals surface area contributed by atoms with Crippen LogP contribution < -0.4 is 9.62 Å². The van der Waals surface area contributed by atoms with Gasteiger partial charge in [0.2, 0.25) is 21.8 Å². The van der Waals surface area contributed by atoms with Crippen molar-refractivity contribution in [3.8, 4) is 0 Å². The average Bonchev–Trinajstić information content (AvgIpc) is 2.82. The molecular weight excluding hydrogens is 474 g/mol. The van der Waals surface area contributed by atoms with Crippen molar-refractivity contribution in [1.29, 1.82) is 0 Å². The molecule has 3 rings (SSSR count). The van der Waals surface area contributed by atoms with Crippen molar-refractivity contribution in [2.24, 2.45) is 0 Å². The Balaban J connectivity index is 1.83. The summed E-state index contributed by atoms with van der Waals surface area (Å²) < 4.78 is 26.6. The van der Waals surface area contributed by atoms with Gasteiger partial charge in [-0.1, -0.05) is 55.7 Å². The lowest BCUT2D eigenvalue weighted by atomic mass is 9.95. The number of carbonyl (C=O) groups excluding carboxylic acids is 2. The van der Waals surface area contributed by atoms with Crippen LogP contribution in [0.4, 0.5) is 5.69 Å². The zero-order chi connectivity index (χ0) is 26.3. The van der Waals surface area contributed by atoms with E-state index in [1.807, 2.05) is 50.2 Å². The van der Waals surface area contributed by atoms with E-state index >= 15 is 0 Å². The molecule has 196 valence electrons. The Morgan fingerprint density at radius 1 is 1.00 bits per heavy atom. The number of nitrogens with one attached hydrogen (secondary N) is 1. The summed E-state index contributed by atoms with van der Waals surface area (Å²) in [4.78, 5) is 28.3. The van der Waals surface area contributed by atoms with E-state index in [4.69, 9.17) is 0 Å². The topological polar surface area (TPSA) is 86.8 Å². The highest BCUT2D eigenvalue weighted by Gasteiger charge is 2.31. The predicted molar refractivity (Wildman–Crippen MR) is 144 cm³/mol. The molecule has 1 N–H and O–H groups in total. The highest BCUT2D eigenvalue weighted by molar-refractivity contribution is 7.92. The summed E-state index contributed by atoms with van der Waals surface area (Å²) >= 11 is 0. The fraction of sp³-hybridized carbons (Fsp3) is 0.500. The second kappa shape index (κ2) is 12.4. The van der Waals surface area contributed by atoms with Gasteiger partial charge in [0.15, 0.2) is 0 Å². The Labute approximate surface area is 215 Å². The molecule has 0 radical (unpaired) electrons. The molecule has 1 fully saturated rings. The van der Waals surface area contributed by atoms with Crippen LogP contribution >= 0.6 is 0 Å². The van der Waals surface area contributed by atoms with Gasteiger partial charge in [0.25, 0.3) is 0 Å². The van der Waals surface area contributed by atoms with Gasteiger partial charge in [0.05, 0.1) is 11.9 Å². The molecule has 1 aliphatic carbocycles. The third-order valence-corrected chi connectivity index (χ3v) is 7.92. The summed E-state index contributed by atoms with van der Waals surface area (Å²) in [5, 5.41) is 3.12. The number of benzene rings is 2. The molecular formula is C28H39N3O4S. The molecule has 8 heteroatoms. The molecule has 0 saturated heterocycles. The van der Waals surface area contributed by atoms with E-state index < -0.39 is 22.0 Å². The number of nitrogens with zero attached hydrogens (tertiary/aromatic N) is 2. The number of sulfonamides is 1. The number of anilines is 1. The Hall–Kier alpha value is -2.87. The molecule has 2 aromatic rings. The zero-order valence-electron chi connectivity index (χ0n) is 21.9. The average molecular weight is 514 g/mol. The highest BCUT2D eigenvalue weighted by atomic mass is 32.2. The first kappa shape index (κ1) is 27.7. The highest BCUT2D eigenvalue weighted by Crippen LogP contribution is 2.22. The van der Waals surface area contributed by atoms with Gasteiger partial charge in [-0.15, -0.1) is 0 Å². The maximum absolute atomic E-state index is 13.6. The minimum absolute atomic E-state index is 0.127. The maximum Gasteiger partial charge on any atom is 0.244 e. The molecule has 0 bridgehead atoms. The van der Waals surface area contributed by atoms with Crippen molar-refractivity contribution in [2.45, 2.75) is 71.4 Å². The fourth-order valence-electron chi connectivity index (χ4n) is 4.85. The minimum atomic E-state index is -3.73. The first-order valence-electron chi connectivity index (χ1n) is 12.7. The summed E-state index contributed by atoms with van der Waals surface area (Å²) in [6.07, 6.45) is 6.94. The van der Waals surface area contributed by atoms with E-state index in [9.17, 15) is 18.0 Å². The Morgan fingerprint density at radius 3 is 2.19 bits per heavy atom. The third kappa shape index (κ3) is 7.82. The van der Waals surface area contributed by atoms with E-state index in [0.29, 0.717) is 18.7 Å². The van der Waals surface area contributed by atoms with Crippen LogP contribution in [0.2, 0.25) is 0 Å². The number of amides is 2. The number of carbonyl (C=O) groups is 2. The van der Waals surface area contributed by atoms with Crippen LogP contribution in [0, 0.1) is 13.8 Å². The van der Waals surface area contributed by atoms with Crippen LogP contribution in [0.1, 0.15) is 55.7 Å². The quantitative estimate of drug-likeness (QED) is 0.521. The first-order valence-corrected chi connectivity index (χ1v) is 14.6. The van der Waals surface area contributed by atoms with E-state index in [-0.39, 0.29) is 18.5 Å². The first-order chi connectivity index (χ1) is 17.0. The second-order valence-corrected chi connectivity index (χ2v) is 11.9. The van der Waals surface area contributed by atoms with E-state index in [1.165, 1.54) is 11.3 Å². The van der Waals surface area contributed by atoms with Crippen LogP contribution in [0.5, 0.6) is 0 Å². The number of aryl methyl sites for hydroxylation is 2. The maximum atomic E-state index is 13.6. The Kier molecular flexibility index (Phi) is 9.54. The molecule has 0 unspecified atom stereocenters. The number of hydrogen-bond donors (Lipinski definition) is 1. The smallest absolute Gasteiger partial charge is 0.244 e. The third-order valence-electron chi connectivity index (χ3n) is 6.78. The summed E-state index contributed by atoms with van der Waals surface area (Å²) in [6.45, 7) is 5.46. The van der Waals surface area contributed by atoms with Crippen molar-refractivity contribution >= 4 is 27.5 Å². The molecule has 1 saturated carbocycles. The van der Waals surface area contributed by atoms with Crippen molar-refractivity contribution < 1.29 is 18.0 Å². The lowest BCUT2D eigenvalue weighted by Gasteiger charge is -2.33. The molecule has 0 heterocycles. The fourth-order valence-corrected chi connectivity index (χ4v) is 5.68. The standard InChI is InChI=1S/C28H39N3O4S/c1-21-17-22(2)19-26(18-21)31(36(4,34)35)20-27(32)30(16-15-24-11-7-5-8-12-24)23(3)28(33)29-25-13-9-6-10-14-25/h5,7-8,11-12,17-19,23,25H,6,9-10,13-16,20H2,1-4H3,(H,29,33)/t23-/m0/s1. The second-order valence-electron chi connectivity index (χ2n) is 9.96. The van der Waals surface area contributed by atoms with Crippen LogP contribution in [-0.2, 0) is 26.0 Å². The van der Waals surface area contributed by atoms with Crippen LogP contribution in [0.25, 0.3) is 0 Å². The van der Waals surface area contributed by atoms with Crippen molar-refractivity contribution in [2.75, 3.05) is 23.7 Å². The lowest BCUT2D eigenvalue weighted by molar-refractivity contribution is -0.139. The van der Waals surface area contributed by atoms with Gasteiger partial charge in [-0.2, -0.15) is 0 Å². The van der Waals surface area contributed by atoms with Gasteiger partial charge >= 0.3 is 0 Å². The van der Waals surface area contributed by atoms with Crippen molar-refractivity contribution in [3.63, 3.8) is 0 Å². The zero-order valence-corrected chi connectivity index (χ0v) is 22.7.